The summed E-state index contributed by atoms with van der Waals surface area (Å²) in [5.74, 6) is -0.297. The van der Waals surface area contributed by atoms with E-state index in [1.54, 1.807) is 6.92 Å². The molecule has 3 nitrogen and oxygen atoms in total. The van der Waals surface area contributed by atoms with Crippen LogP contribution in [0.2, 0.25) is 4.82 Å². The van der Waals surface area contributed by atoms with E-state index >= 15 is 0 Å². The van der Waals surface area contributed by atoms with E-state index in [4.69, 9.17) is 4.74 Å². The maximum atomic E-state index is 12.1. The third-order valence-corrected chi connectivity index (χ3v) is 5.32. The molecule has 106 valence electrons. The van der Waals surface area contributed by atoms with E-state index in [0.29, 0.717) is 6.61 Å². The number of esters is 1. The summed E-state index contributed by atoms with van der Waals surface area (Å²) in [5.41, 5.74) is -0.339. The van der Waals surface area contributed by atoms with Crippen LogP contribution in [0.1, 0.15) is 27.7 Å². The van der Waals surface area contributed by atoms with Crippen LogP contribution in [0, 0.1) is 5.41 Å². The van der Waals surface area contributed by atoms with Crippen LogP contribution in [0.5, 0.6) is 0 Å². The average Bonchev–Trinajstić information content (AvgIpc) is 2.35. The Kier molecular flexibility index (Phi) is 6.05. The Morgan fingerprint density at radius 3 is 2.37 bits per heavy atom. The first kappa shape index (κ1) is 16.2. The van der Waals surface area contributed by atoms with Gasteiger partial charge in [-0.25, -0.2) is 0 Å². The second-order valence-corrected chi connectivity index (χ2v) is 7.96. The van der Waals surface area contributed by atoms with Gasteiger partial charge in [0.2, 0.25) is 0 Å². The fourth-order valence-electron chi connectivity index (χ4n) is 1.57. The Bertz CT molecular complexity index is 398. The van der Waals surface area contributed by atoms with E-state index in [2.05, 4.69) is 0 Å². The molecule has 1 rings (SSSR count). The summed E-state index contributed by atoms with van der Waals surface area (Å²) in [4.78, 5) is 11.6. The third-order valence-electron chi connectivity index (χ3n) is 2.70. The standard InChI is InChI=1S/C15H22O3Se/c1-5-18-14(17)12(13(16)15(2,3)4)19-11-9-7-6-8-10-11/h6-10,12-13,16H,5H2,1-4H3/t12-,13+/m0/s1. The Morgan fingerprint density at radius 2 is 1.89 bits per heavy atom. The molecule has 0 radical (unpaired) electrons. The summed E-state index contributed by atoms with van der Waals surface area (Å²) >= 11 is -0.139. The van der Waals surface area contributed by atoms with Crippen molar-refractivity contribution in [2.24, 2.45) is 5.41 Å². The first-order valence-corrected chi connectivity index (χ1v) is 8.27. The molecule has 0 unspecified atom stereocenters. The maximum absolute atomic E-state index is 12.1. The van der Waals surface area contributed by atoms with Crippen molar-refractivity contribution in [2.75, 3.05) is 6.61 Å². The number of hydrogen-bond donors (Lipinski definition) is 1. The van der Waals surface area contributed by atoms with Crippen molar-refractivity contribution in [3.05, 3.63) is 30.3 Å². The van der Waals surface area contributed by atoms with Gasteiger partial charge in [0.1, 0.15) is 0 Å². The first-order chi connectivity index (χ1) is 8.86. The fraction of sp³-hybridized carbons (Fsp3) is 0.533. The zero-order chi connectivity index (χ0) is 14.5. The summed E-state index contributed by atoms with van der Waals surface area (Å²) < 4.78 is 6.20. The average molecular weight is 329 g/mol. The molecule has 0 fully saturated rings. The van der Waals surface area contributed by atoms with Gasteiger partial charge < -0.3 is 0 Å². The summed E-state index contributed by atoms with van der Waals surface area (Å²) in [6.07, 6.45) is -0.702. The van der Waals surface area contributed by atoms with E-state index in [0.717, 1.165) is 4.46 Å². The van der Waals surface area contributed by atoms with E-state index in [-0.39, 0.29) is 26.3 Å². The molecule has 0 amide bonds. The second-order valence-electron chi connectivity index (χ2n) is 5.41. The van der Waals surface area contributed by atoms with Gasteiger partial charge in [-0.1, -0.05) is 0 Å². The summed E-state index contributed by atoms with van der Waals surface area (Å²) in [5, 5.41) is 10.4. The molecule has 19 heavy (non-hydrogen) atoms. The summed E-state index contributed by atoms with van der Waals surface area (Å²) in [7, 11) is 0. The molecule has 1 aromatic carbocycles. The molecule has 0 saturated heterocycles. The minimum atomic E-state index is -0.702. The molecule has 0 spiro atoms. The van der Waals surface area contributed by atoms with Gasteiger partial charge in [-0.05, 0) is 0 Å². The molecular formula is C15H22O3Se. The number of aliphatic hydroxyl groups excluding tert-OH is 1. The normalized spacial score (nSPS) is 14.8. The van der Waals surface area contributed by atoms with Crippen molar-refractivity contribution in [3.8, 4) is 0 Å². The number of ether oxygens (including phenoxy) is 1. The first-order valence-electron chi connectivity index (χ1n) is 6.42. The fourth-order valence-corrected chi connectivity index (χ4v) is 4.31. The predicted octanol–water partition coefficient (Wildman–Crippen LogP) is 1.77. The monoisotopic (exact) mass is 330 g/mol. The van der Waals surface area contributed by atoms with Gasteiger partial charge in [0.05, 0.1) is 0 Å². The van der Waals surface area contributed by atoms with Crippen LogP contribution in [-0.2, 0) is 9.53 Å². The van der Waals surface area contributed by atoms with Crippen LogP contribution >= 0.6 is 0 Å². The van der Waals surface area contributed by atoms with Crippen molar-refractivity contribution in [1.82, 2.24) is 0 Å². The van der Waals surface area contributed by atoms with E-state index in [1.807, 2.05) is 51.1 Å². The molecule has 1 aromatic rings. The Labute approximate surface area is 121 Å². The molecule has 4 heteroatoms. The molecule has 2 atom stereocenters. The van der Waals surface area contributed by atoms with Gasteiger partial charge in [0.25, 0.3) is 0 Å². The zero-order valence-corrected chi connectivity index (χ0v) is 13.6. The Morgan fingerprint density at radius 1 is 1.32 bits per heavy atom. The van der Waals surface area contributed by atoms with E-state index in [1.165, 1.54) is 0 Å². The van der Waals surface area contributed by atoms with Gasteiger partial charge >= 0.3 is 121 Å². The minimum absolute atomic E-state index is 0.139. The van der Waals surface area contributed by atoms with Crippen LogP contribution in [0.25, 0.3) is 0 Å². The molecule has 0 heterocycles. The van der Waals surface area contributed by atoms with Crippen LogP contribution in [0.15, 0.2) is 30.3 Å². The second kappa shape index (κ2) is 7.09. The molecule has 0 aromatic heterocycles. The third kappa shape index (κ3) is 4.98. The van der Waals surface area contributed by atoms with Crippen molar-refractivity contribution in [2.45, 2.75) is 38.6 Å². The number of hydrogen-bond acceptors (Lipinski definition) is 3. The van der Waals surface area contributed by atoms with Crippen LogP contribution in [-0.4, -0.2) is 38.7 Å². The van der Waals surface area contributed by atoms with Crippen molar-refractivity contribution < 1.29 is 14.6 Å². The Balaban J connectivity index is 2.90. The summed E-state index contributed by atoms with van der Waals surface area (Å²) in [6.45, 7) is 7.94. The molecule has 1 N–H and O–H groups in total. The number of carbonyl (C=O) groups is 1. The number of benzene rings is 1. The predicted molar refractivity (Wildman–Crippen MR) is 77.7 cm³/mol. The van der Waals surface area contributed by atoms with Crippen LogP contribution < -0.4 is 4.46 Å². The molecule has 0 aliphatic carbocycles. The SMILES string of the molecule is CCOC(=O)[C@@H]([Se]c1ccccc1)[C@@H](O)C(C)(C)C. The van der Waals surface area contributed by atoms with Crippen molar-refractivity contribution in [3.63, 3.8) is 0 Å². The molecule has 0 aliphatic rings. The topological polar surface area (TPSA) is 46.5 Å². The summed E-state index contributed by atoms with van der Waals surface area (Å²) in [6, 6.07) is 9.81. The molecular weight excluding hydrogens is 307 g/mol. The molecule has 0 saturated carbocycles. The number of rotatable bonds is 5. The molecule has 0 bridgehead atoms. The van der Waals surface area contributed by atoms with Crippen molar-refractivity contribution >= 4 is 25.4 Å². The van der Waals surface area contributed by atoms with Gasteiger partial charge in [0.15, 0.2) is 0 Å². The van der Waals surface area contributed by atoms with Gasteiger partial charge in [-0.15, -0.1) is 0 Å². The van der Waals surface area contributed by atoms with Gasteiger partial charge in [-0.3, -0.25) is 0 Å². The van der Waals surface area contributed by atoms with Crippen LogP contribution in [0.4, 0.5) is 0 Å². The van der Waals surface area contributed by atoms with Gasteiger partial charge in [-0.2, -0.15) is 0 Å². The molecule has 0 aliphatic heterocycles. The number of aliphatic hydroxyl groups is 1. The van der Waals surface area contributed by atoms with E-state index in [9.17, 15) is 9.90 Å². The Hall–Kier alpha value is -0.831. The van der Waals surface area contributed by atoms with Gasteiger partial charge in [0, 0.05) is 0 Å². The number of carbonyl (C=O) groups excluding carboxylic acids is 1. The van der Waals surface area contributed by atoms with Crippen LogP contribution in [0.3, 0.4) is 0 Å². The van der Waals surface area contributed by atoms with E-state index < -0.39 is 10.9 Å². The van der Waals surface area contributed by atoms with Crippen molar-refractivity contribution in [1.29, 1.82) is 0 Å². The zero-order valence-electron chi connectivity index (χ0n) is 11.9. The quantitative estimate of drug-likeness (QED) is 0.662.